The zero-order chi connectivity index (χ0) is 7.66. The van der Waals surface area contributed by atoms with E-state index in [0.29, 0.717) is 7.39 Å². The molecule has 0 spiro atoms. The molecule has 0 rings (SSSR count). The van der Waals surface area contributed by atoms with Gasteiger partial charge in [0, 0.05) is 0 Å². The third-order valence-corrected chi connectivity index (χ3v) is 4.29. The van der Waals surface area contributed by atoms with E-state index in [4.69, 9.17) is 0 Å². The summed E-state index contributed by atoms with van der Waals surface area (Å²) in [4.78, 5) is 0. The zero-order valence-corrected chi connectivity index (χ0v) is 10.9. The summed E-state index contributed by atoms with van der Waals surface area (Å²) in [6, 6.07) is 1.58. The van der Waals surface area contributed by atoms with E-state index in [1.807, 2.05) is 0 Å². The summed E-state index contributed by atoms with van der Waals surface area (Å²) >= 11 is 2.41. The van der Waals surface area contributed by atoms with E-state index in [-0.39, 0.29) is 11.0 Å². The van der Waals surface area contributed by atoms with Crippen molar-refractivity contribution in [2.75, 3.05) is 0 Å². The van der Waals surface area contributed by atoms with Gasteiger partial charge in [-0.15, -0.1) is 0 Å². The van der Waals surface area contributed by atoms with Crippen molar-refractivity contribution in [3.63, 3.8) is 0 Å². The normalized spacial score (nSPS) is 9.58. The molecule has 0 N–H and O–H groups in total. The molecule has 0 bridgehead atoms. The summed E-state index contributed by atoms with van der Waals surface area (Å²) in [7, 11) is 0.375. The smallest absolute Gasteiger partial charge is 2.00 e. The van der Waals surface area contributed by atoms with Gasteiger partial charge in [0.25, 0.3) is 0 Å². The molecular formula is C8H19O2SiTi. The molecule has 0 aromatic rings. The second-order valence-electron chi connectivity index (χ2n) is 2.87. The zero-order valence-electron chi connectivity index (χ0n) is 7.97. The molecule has 0 fully saturated rings. The summed E-state index contributed by atoms with van der Waals surface area (Å²) in [5.74, 6) is 0. The van der Waals surface area contributed by atoms with Gasteiger partial charge in [0.05, 0.1) is 0 Å². The molecule has 0 saturated carbocycles. The largest absolute Gasteiger partial charge is 2.00 e. The number of hydrogen-bond acceptors (Lipinski definition) is 0. The minimum atomic E-state index is 0. The fourth-order valence-electron chi connectivity index (χ4n) is 1.08. The van der Waals surface area contributed by atoms with Crippen LogP contribution in [0.1, 0.15) is 45.4 Å². The molecule has 0 amide bonds. The van der Waals surface area contributed by atoms with Crippen molar-refractivity contribution in [3.8, 4) is 0 Å². The summed E-state index contributed by atoms with van der Waals surface area (Å²) < 4.78 is 0. The monoisotopic (exact) mass is 223 g/mol. The summed E-state index contributed by atoms with van der Waals surface area (Å²) in [6.45, 7) is 2.28. The Morgan fingerprint density at radius 2 is 1.42 bits per heavy atom. The van der Waals surface area contributed by atoms with Crippen LogP contribution in [0.2, 0.25) is 6.04 Å². The fourth-order valence-corrected chi connectivity index (χ4v) is 2.86. The van der Waals surface area contributed by atoms with E-state index >= 15 is 0 Å². The van der Waals surface area contributed by atoms with Gasteiger partial charge in [-0.05, 0) is 0 Å². The Labute approximate surface area is 89.5 Å². The van der Waals surface area contributed by atoms with Crippen molar-refractivity contribution >= 4 is 7.39 Å². The van der Waals surface area contributed by atoms with Crippen LogP contribution >= 0.6 is 0 Å². The molecule has 71 valence electrons. The molecule has 0 radical (unpaired) electrons. The summed E-state index contributed by atoms with van der Waals surface area (Å²) in [5, 5.41) is 0. The first-order valence-corrected chi connectivity index (χ1v) is 9.58. The number of rotatable bonds is 7. The van der Waals surface area contributed by atoms with E-state index in [1.54, 1.807) is 6.04 Å². The average molecular weight is 223 g/mol. The molecule has 2 nitrogen and oxygen atoms in total. The van der Waals surface area contributed by atoms with Crippen molar-refractivity contribution < 1.29 is 30.6 Å². The van der Waals surface area contributed by atoms with Gasteiger partial charge in [-0.2, -0.15) is 0 Å². The number of hydrogen-bond donors (Lipinski definition) is 0. The van der Waals surface area contributed by atoms with Gasteiger partial charge in [-0.3, -0.25) is 0 Å². The second kappa shape index (κ2) is 17.8. The molecule has 0 aliphatic heterocycles. The van der Waals surface area contributed by atoms with Crippen LogP contribution in [0.4, 0.5) is 0 Å². The van der Waals surface area contributed by atoms with Gasteiger partial charge in [0.15, 0.2) is 0 Å². The molecule has 0 unspecified atom stereocenters. The van der Waals surface area contributed by atoms with Crippen molar-refractivity contribution in [2.45, 2.75) is 51.5 Å². The first kappa shape index (κ1) is 18.6. The van der Waals surface area contributed by atoms with E-state index in [2.05, 4.69) is 26.6 Å². The maximum atomic E-state index is 2.41. The molecule has 0 aromatic carbocycles. The Hall–Kier alpha value is 0.851. The van der Waals surface area contributed by atoms with Crippen molar-refractivity contribution in [1.82, 2.24) is 0 Å². The molecule has 4 heteroatoms. The van der Waals surface area contributed by atoms with Crippen LogP contribution in [0, 0.1) is 0 Å². The van der Waals surface area contributed by atoms with E-state index in [0.717, 1.165) is 0 Å². The Kier molecular flexibility index (Phi) is 27.6. The summed E-state index contributed by atoms with van der Waals surface area (Å²) in [6.07, 6.45) is 8.81. The van der Waals surface area contributed by atoms with Gasteiger partial charge < -0.3 is 11.0 Å². The molecule has 0 heterocycles. The predicted molar refractivity (Wildman–Crippen MR) is 48.1 cm³/mol. The first-order chi connectivity index (χ1) is 4.91. The number of unbranched alkanes of at least 4 members (excludes halogenated alkanes) is 5. The van der Waals surface area contributed by atoms with E-state index < -0.39 is 0 Å². The average Bonchev–Trinajstić information content (AvgIpc) is 1.97. The van der Waals surface area contributed by atoms with Gasteiger partial charge in [0.2, 0.25) is 0 Å². The first-order valence-electron chi connectivity index (χ1n) is 4.56. The summed E-state index contributed by atoms with van der Waals surface area (Å²) in [5.41, 5.74) is 0. The van der Waals surface area contributed by atoms with Gasteiger partial charge in [-0.1, -0.05) is 0 Å². The van der Waals surface area contributed by atoms with Crippen LogP contribution in [-0.2, 0) is 30.6 Å². The Morgan fingerprint density at radius 1 is 0.917 bits per heavy atom. The van der Waals surface area contributed by atoms with Gasteiger partial charge >= 0.3 is 78.6 Å². The van der Waals surface area contributed by atoms with Crippen molar-refractivity contribution in [1.29, 1.82) is 0 Å². The third-order valence-electron chi connectivity index (χ3n) is 1.78. The minimum Gasteiger partial charge on any atom is -2.00 e. The van der Waals surface area contributed by atoms with Crippen LogP contribution in [0.15, 0.2) is 0 Å². The molecule has 0 aliphatic rings. The molecule has 0 atom stereocenters. The SMILES string of the molecule is CCCCCCCC[SiH2][Ti+4].[O-2].[O-2]. The van der Waals surface area contributed by atoms with Crippen LogP contribution in [0.5, 0.6) is 0 Å². The maximum Gasteiger partial charge on any atom is -2.00 e. The molecule has 12 heavy (non-hydrogen) atoms. The van der Waals surface area contributed by atoms with Gasteiger partial charge in [-0.25, -0.2) is 0 Å². The van der Waals surface area contributed by atoms with Crippen LogP contribution in [0.3, 0.4) is 0 Å². The third kappa shape index (κ3) is 17.1. The Morgan fingerprint density at radius 3 is 1.92 bits per heavy atom. The quantitative estimate of drug-likeness (QED) is 0.469. The van der Waals surface area contributed by atoms with Crippen molar-refractivity contribution in [3.05, 3.63) is 0 Å². The standard InChI is InChI=1S/C8H19Si.2O.Ti/c1-2-3-4-5-6-7-8-9;;;/h2-9H2,1H3;;;/q;2*-2;+4. The minimum absolute atomic E-state index is 0. The maximum absolute atomic E-state index is 2.41. The predicted octanol–water partition coefficient (Wildman–Crippen LogP) is 2.16. The molecular weight excluding hydrogens is 204 g/mol. The fraction of sp³-hybridized carbons (Fsp3) is 1.00. The van der Waals surface area contributed by atoms with Crippen molar-refractivity contribution in [2.24, 2.45) is 0 Å². The molecule has 0 saturated heterocycles. The Bertz CT molecular complexity index is 57.0. The second-order valence-corrected chi connectivity index (χ2v) is 6.42. The van der Waals surface area contributed by atoms with Crippen LogP contribution in [-0.4, -0.2) is 7.39 Å². The topological polar surface area (TPSA) is 57.0 Å². The van der Waals surface area contributed by atoms with Crippen LogP contribution in [0.25, 0.3) is 0 Å². The Balaban J connectivity index is -0.000000405. The molecule has 0 aromatic heterocycles. The van der Waals surface area contributed by atoms with Crippen LogP contribution < -0.4 is 0 Å². The van der Waals surface area contributed by atoms with Gasteiger partial charge in [0.1, 0.15) is 0 Å². The van der Waals surface area contributed by atoms with E-state index in [1.165, 1.54) is 38.5 Å². The molecule has 0 aliphatic carbocycles. The van der Waals surface area contributed by atoms with E-state index in [9.17, 15) is 0 Å².